The van der Waals surface area contributed by atoms with E-state index in [1.54, 1.807) is 6.33 Å². The van der Waals surface area contributed by atoms with Crippen molar-refractivity contribution in [2.24, 2.45) is 0 Å². The SMILES string of the molecule is C[C@@H]1CCc2ncnc(N3CCN(C(=O)[C@H](C[N-]C4CCOC4)c4ccc(Cl)cc4)CC3)c21. The Labute approximate surface area is 200 Å². The van der Waals surface area contributed by atoms with Crippen LogP contribution in [-0.2, 0) is 16.0 Å². The van der Waals surface area contributed by atoms with Crippen molar-refractivity contribution >= 4 is 23.3 Å². The first-order valence-electron chi connectivity index (χ1n) is 12.0. The van der Waals surface area contributed by atoms with Crippen LogP contribution in [0.25, 0.3) is 5.32 Å². The number of hydrogen-bond acceptors (Lipinski definition) is 5. The average molecular weight is 469 g/mol. The Balaban J connectivity index is 1.27. The summed E-state index contributed by atoms with van der Waals surface area (Å²) in [5, 5.41) is 5.49. The lowest BCUT2D eigenvalue weighted by atomic mass is 9.96. The highest BCUT2D eigenvalue weighted by molar-refractivity contribution is 6.30. The Bertz CT molecular complexity index is 971. The molecule has 2 aliphatic heterocycles. The molecule has 1 aliphatic carbocycles. The number of ether oxygens (including phenoxy) is 1. The lowest BCUT2D eigenvalue weighted by molar-refractivity contribution is -0.132. The molecule has 0 N–H and O–H groups in total. The third-order valence-electron chi connectivity index (χ3n) is 7.17. The number of carbonyl (C=O) groups excluding carboxylic acids is 1. The second-order valence-corrected chi connectivity index (χ2v) is 9.73. The lowest BCUT2D eigenvalue weighted by Crippen LogP contribution is -2.51. The molecular formula is C25H31ClN5O2-. The van der Waals surface area contributed by atoms with Crippen molar-refractivity contribution in [2.45, 2.75) is 44.1 Å². The molecule has 3 atom stereocenters. The molecule has 0 bridgehead atoms. The largest absolute Gasteiger partial charge is 0.657 e. The van der Waals surface area contributed by atoms with Gasteiger partial charge in [0.25, 0.3) is 0 Å². The summed E-state index contributed by atoms with van der Waals surface area (Å²) in [6, 6.07) is 7.79. The normalized spacial score (nSPS) is 23.6. The van der Waals surface area contributed by atoms with Crippen molar-refractivity contribution in [2.75, 3.05) is 50.8 Å². The van der Waals surface area contributed by atoms with E-state index in [1.807, 2.05) is 29.2 Å². The molecule has 2 aromatic rings. The van der Waals surface area contributed by atoms with Gasteiger partial charge < -0.3 is 19.9 Å². The Morgan fingerprint density at radius 3 is 2.70 bits per heavy atom. The molecule has 1 amide bonds. The quantitative estimate of drug-likeness (QED) is 0.645. The van der Waals surface area contributed by atoms with E-state index >= 15 is 0 Å². The second-order valence-electron chi connectivity index (χ2n) is 9.30. The minimum absolute atomic E-state index is 0.140. The van der Waals surface area contributed by atoms with Crippen LogP contribution in [0.2, 0.25) is 5.02 Å². The van der Waals surface area contributed by atoms with E-state index in [-0.39, 0.29) is 17.9 Å². The molecule has 8 heteroatoms. The van der Waals surface area contributed by atoms with Gasteiger partial charge in [0.05, 0.1) is 0 Å². The number of aryl methyl sites for hydroxylation is 1. The molecule has 1 aromatic heterocycles. The summed E-state index contributed by atoms with van der Waals surface area (Å²) < 4.78 is 5.46. The third-order valence-corrected chi connectivity index (χ3v) is 7.42. The third kappa shape index (κ3) is 4.86. The number of amides is 1. The smallest absolute Gasteiger partial charge is 0.228 e. The summed E-state index contributed by atoms with van der Waals surface area (Å²) in [7, 11) is 0. The zero-order valence-corrected chi connectivity index (χ0v) is 19.9. The number of benzene rings is 1. The van der Waals surface area contributed by atoms with Crippen molar-refractivity contribution in [1.82, 2.24) is 14.9 Å². The molecule has 33 heavy (non-hydrogen) atoms. The average Bonchev–Trinajstić information content (AvgIpc) is 3.50. The van der Waals surface area contributed by atoms with Crippen LogP contribution in [0.5, 0.6) is 0 Å². The Morgan fingerprint density at radius 2 is 1.97 bits per heavy atom. The van der Waals surface area contributed by atoms with Crippen LogP contribution >= 0.6 is 11.6 Å². The van der Waals surface area contributed by atoms with Crippen molar-refractivity contribution in [3.05, 3.63) is 57.8 Å². The number of aromatic nitrogens is 2. The Morgan fingerprint density at radius 1 is 1.18 bits per heavy atom. The van der Waals surface area contributed by atoms with E-state index in [4.69, 9.17) is 21.7 Å². The van der Waals surface area contributed by atoms with Crippen LogP contribution in [0.4, 0.5) is 5.82 Å². The van der Waals surface area contributed by atoms with Gasteiger partial charge in [0.15, 0.2) is 0 Å². The molecule has 2 saturated heterocycles. The number of anilines is 1. The fourth-order valence-electron chi connectivity index (χ4n) is 5.18. The number of carbonyl (C=O) groups is 1. The first-order valence-corrected chi connectivity index (χ1v) is 12.3. The predicted molar refractivity (Wildman–Crippen MR) is 129 cm³/mol. The van der Waals surface area contributed by atoms with Crippen molar-refractivity contribution in [3.8, 4) is 0 Å². The van der Waals surface area contributed by atoms with Crippen LogP contribution in [0.3, 0.4) is 0 Å². The molecule has 1 unspecified atom stereocenters. The standard InChI is InChI=1S/C25H31ClN5O2/c1-17-2-7-22-23(17)24(29-16-28-22)30-9-11-31(12-10-30)25(32)21(14-27-20-8-13-33-15-20)18-3-5-19(26)6-4-18/h3-6,16-17,20-21H,2,7-15H2,1H3/q-1/t17-,20?,21-/m1/s1. The zero-order valence-electron chi connectivity index (χ0n) is 19.1. The van der Waals surface area contributed by atoms with Crippen LogP contribution in [-0.4, -0.2) is 72.8 Å². The molecule has 3 heterocycles. The first kappa shape index (κ1) is 22.6. The molecule has 0 spiro atoms. The summed E-state index contributed by atoms with van der Waals surface area (Å²) >= 11 is 6.10. The van der Waals surface area contributed by atoms with Gasteiger partial charge in [-0.15, -0.1) is 12.6 Å². The van der Waals surface area contributed by atoms with Gasteiger partial charge in [0, 0.05) is 61.6 Å². The van der Waals surface area contributed by atoms with Crippen LogP contribution in [0.1, 0.15) is 48.4 Å². The molecule has 2 fully saturated rings. The molecule has 5 rings (SSSR count). The van der Waals surface area contributed by atoms with E-state index in [1.165, 1.54) is 11.3 Å². The molecular weight excluding hydrogens is 438 g/mol. The Kier molecular flexibility index (Phi) is 6.81. The summed E-state index contributed by atoms with van der Waals surface area (Å²) in [6.07, 6.45) is 4.79. The number of rotatable bonds is 6. The maximum absolute atomic E-state index is 13.6. The highest BCUT2D eigenvalue weighted by Gasteiger charge is 2.31. The highest BCUT2D eigenvalue weighted by Crippen LogP contribution is 2.37. The number of fused-ring (bicyclic) bond motifs is 1. The van der Waals surface area contributed by atoms with Gasteiger partial charge in [0.2, 0.25) is 5.91 Å². The van der Waals surface area contributed by atoms with Gasteiger partial charge in [-0.3, -0.25) is 4.79 Å². The summed E-state index contributed by atoms with van der Waals surface area (Å²) in [5.41, 5.74) is 3.46. The monoisotopic (exact) mass is 468 g/mol. The summed E-state index contributed by atoms with van der Waals surface area (Å²) in [6.45, 7) is 7.07. The van der Waals surface area contributed by atoms with Crippen molar-refractivity contribution < 1.29 is 9.53 Å². The van der Waals surface area contributed by atoms with E-state index in [2.05, 4.69) is 21.8 Å². The molecule has 3 aliphatic rings. The van der Waals surface area contributed by atoms with Crippen LogP contribution < -0.4 is 4.90 Å². The number of hydrogen-bond donors (Lipinski definition) is 0. The van der Waals surface area contributed by atoms with E-state index in [0.717, 1.165) is 50.3 Å². The predicted octanol–water partition coefficient (Wildman–Crippen LogP) is 3.77. The van der Waals surface area contributed by atoms with Crippen molar-refractivity contribution in [1.29, 1.82) is 0 Å². The zero-order chi connectivity index (χ0) is 22.8. The lowest BCUT2D eigenvalue weighted by Gasteiger charge is -2.39. The molecule has 176 valence electrons. The van der Waals surface area contributed by atoms with E-state index < -0.39 is 0 Å². The van der Waals surface area contributed by atoms with Gasteiger partial charge in [-0.2, -0.15) is 0 Å². The van der Waals surface area contributed by atoms with E-state index in [9.17, 15) is 4.79 Å². The van der Waals surface area contributed by atoms with Gasteiger partial charge in [-0.25, -0.2) is 9.97 Å². The second kappa shape index (κ2) is 9.95. The van der Waals surface area contributed by atoms with Gasteiger partial charge >= 0.3 is 0 Å². The number of halogens is 1. The summed E-state index contributed by atoms with van der Waals surface area (Å²) in [4.78, 5) is 27.1. The van der Waals surface area contributed by atoms with Crippen LogP contribution in [0, 0.1) is 0 Å². The maximum atomic E-state index is 13.6. The van der Waals surface area contributed by atoms with E-state index in [0.29, 0.717) is 37.2 Å². The van der Waals surface area contributed by atoms with Gasteiger partial charge in [-0.1, -0.05) is 30.7 Å². The summed E-state index contributed by atoms with van der Waals surface area (Å²) in [5.74, 6) is 1.40. The van der Waals surface area contributed by atoms with Gasteiger partial charge in [0.1, 0.15) is 12.1 Å². The molecule has 0 radical (unpaired) electrons. The fourth-order valence-corrected chi connectivity index (χ4v) is 5.30. The Hall–Kier alpha value is -2.22. The number of piperazine rings is 1. The molecule has 7 nitrogen and oxygen atoms in total. The molecule has 0 saturated carbocycles. The minimum Gasteiger partial charge on any atom is -0.657 e. The van der Waals surface area contributed by atoms with Crippen molar-refractivity contribution in [3.63, 3.8) is 0 Å². The minimum atomic E-state index is -0.294. The van der Waals surface area contributed by atoms with Crippen LogP contribution in [0.15, 0.2) is 30.6 Å². The fraction of sp³-hybridized carbons (Fsp3) is 0.560. The first-order chi connectivity index (χ1) is 16.1. The molecule has 1 aromatic carbocycles. The highest BCUT2D eigenvalue weighted by atomic mass is 35.5. The number of nitrogens with zero attached hydrogens (tertiary/aromatic N) is 5. The topological polar surface area (TPSA) is 72.7 Å². The van der Waals surface area contributed by atoms with Gasteiger partial charge in [-0.05, 0) is 42.9 Å². The maximum Gasteiger partial charge on any atom is 0.228 e.